The van der Waals surface area contributed by atoms with E-state index < -0.39 is 27.5 Å². The van der Waals surface area contributed by atoms with E-state index in [1.54, 1.807) is 0 Å². The van der Waals surface area contributed by atoms with Crippen molar-refractivity contribution >= 4 is 34.4 Å². The molecule has 0 bridgehead atoms. The normalized spacial score (nSPS) is 22.1. The first-order valence-corrected chi connectivity index (χ1v) is 10.2. The van der Waals surface area contributed by atoms with Crippen molar-refractivity contribution in [1.82, 2.24) is 4.72 Å². The molecule has 10 heteroatoms. The maximum Gasteiger partial charge on any atom is 0.339 e. The number of hydrogen-bond acceptors (Lipinski definition) is 7. The number of hydrogen-bond donors (Lipinski definition) is 2. The zero-order valence-corrected chi connectivity index (χ0v) is 17.8. The Bertz CT molecular complexity index is 829. The lowest BCUT2D eigenvalue weighted by molar-refractivity contribution is 0.0583. The van der Waals surface area contributed by atoms with Gasteiger partial charge in [0.25, 0.3) is 0 Å². The van der Waals surface area contributed by atoms with Crippen LogP contribution in [0.2, 0.25) is 0 Å². The third-order valence-electron chi connectivity index (χ3n) is 5.25. The molecule has 0 heterocycles. The van der Waals surface area contributed by atoms with E-state index in [4.69, 9.17) is 5.73 Å². The third-order valence-corrected chi connectivity index (χ3v) is 6.84. The number of methoxy groups -OCH3 is 2. The van der Waals surface area contributed by atoms with E-state index in [1.165, 1.54) is 19.2 Å². The highest BCUT2D eigenvalue weighted by molar-refractivity contribution is 7.89. The van der Waals surface area contributed by atoms with Crippen molar-refractivity contribution in [2.75, 3.05) is 20.8 Å². The van der Waals surface area contributed by atoms with Crippen molar-refractivity contribution in [3.8, 4) is 0 Å². The van der Waals surface area contributed by atoms with Crippen LogP contribution in [0.4, 0.5) is 0 Å². The van der Waals surface area contributed by atoms with Crippen LogP contribution >= 0.6 is 12.4 Å². The van der Waals surface area contributed by atoms with Gasteiger partial charge in [0, 0.05) is 12.1 Å². The van der Waals surface area contributed by atoms with E-state index in [2.05, 4.69) is 14.2 Å². The Morgan fingerprint density at radius 2 is 1.86 bits per heavy atom. The van der Waals surface area contributed by atoms with Crippen molar-refractivity contribution in [3.63, 3.8) is 0 Å². The van der Waals surface area contributed by atoms with E-state index in [-0.39, 0.29) is 40.9 Å². The van der Waals surface area contributed by atoms with E-state index in [0.29, 0.717) is 6.42 Å². The van der Waals surface area contributed by atoms with Crippen molar-refractivity contribution in [1.29, 1.82) is 0 Å². The average molecular weight is 435 g/mol. The molecule has 1 saturated carbocycles. The van der Waals surface area contributed by atoms with Crippen LogP contribution in [0.15, 0.2) is 23.1 Å². The molecule has 2 atom stereocenters. The number of carbonyl (C=O) groups is 2. The summed E-state index contributed by atoms with van der Waals surface area (Å²) in [6, 6.07) is 3.68. The van der Waals surface area contributed by atoms with Crippen molar-refractivity contribution in [2.45, 2.75) is 43.0 Å². The Morgan fingerprint density at radius 1 is 1.21 bits per heavy atom. The van der Waals surface area contributed by atoms with Gasteiger partial charge in [0.05, 0.1) is 30.2 Å². The Kier molecular flexibility index (Phi) is 8.43. The Morgan fingerprint density at radius 3 is 2.39 bits per heavy atom. The Labute approximate surface area is 171 Å². The Hall–Kier alpha value is -1.68. The molecule has 0 spiro atoms. The fraction of sp³-hybridized carbons (Fsp3) is 0.556. The van der Waals surface area contributed by atoms with Crippen LogP contribution in [0.3, 0.4) is 0 Å². The molecule has 8 nitrogen and oxygen atoms in total. The summed E-state index contributed by atoms with van der Waals surface area (Å²) in [4.78, 5) is 23.6. The quantitative estimate of drug-likeness (QED) is 0.654. The fourth-order valence-electron chi connectivity index (χ4n) is 3.50. The molecule has 2 unspecified atom stereocenters. The highest BCUT2D eigenvalue weighted by atomic mass is 35.5. The lowest BCUT2D eigenvalue weighted by atomic mass is 9.74. The van der Waals surface area contributed by atoms with Gasteiger partial charge in [-0.2, -0.15) is 0 Å². The predicted molar refractivity (Wildman–Crippen MR) is 106 cm³/mol. The predicted octanol–water partition coefficient (Wildman–Crippen LogP) is 1.87. The number of halogens is 1. The molecule has 0 amide bonds. The van der Waals surface area contributed by atoms with Crippen molar-refractivity contribution in [2.24, 2.45) is 11.7 Å². The lowest BCUT2D eigenvalue weighted by Crippen LogP contribution is -2.59. The van der Waals surface area contributed by atoms with E-state index in [9.17, 15) is 18.0 Å². The minimum absolute atomic E-state index is 0. The smallest absolute Gasteiger partial charge is 0.339 e. The van der Waals surface area contributed by atoms with E-state index in [1.807, 2.05) is 6.92 Å². The number of sulfonamides is 1. The second-order valence-corrected chi connectivity index (χ2v) is 8.46. The molecule has 1 aromatic rings. The van der Waals surface area contributed by atoms with Crippen molar-refractivity contribution < 1.29 is 27.5 Å². The maximum absolute atomic E-state index is 13.2. The third kappa shape index (κ3) is 4.83. The summed E-state index contributed by atoms with van der Waals surface area (Å²) in [6.07, 6.45) is 3.33. The number of carbonyl (C=O) groups excluding carboxylic acids is 2. The molecule has 0 aromatic heterocycles. The zero-order valence-electron chi connectivity index (χ0n) is 16.2. The van der Waals surface area contributed by atoms with Crippen LogP contribution in [0.25, 0.3) is 0 Å². The van der Waals surface area contributed by atoms with Gasteiger partial charge in [0.15, 0.2) is 0 Å². The molecular formula is C18H27ClN2O6S. The topological polar surface area (TPSA) is 125 Å². The summed E-state index contributed by atoms with van der Waals surface area (Å²) in [7, 11) is -1.80. The van der Waals surface area contributed by atoms with E-state index in [0.717, 1.165) is 32.4 Å². The van der Waals surface area contributed by atoms with Crippen LogP contribution in [-0.2, 0) is 19.5 Å². The molecule has 2 rings (SSSR count). The summed E-state index contributed by atoms with van der Waals surface area (Å²) in [5.74, 6) is -1.48. The number of nitrogens with one attached hydrogen (secondary N) is 1. The number of benzene rings is 1. The van der Waals surface area contributed by atoms with Crippen LogP contribution in [0.1, 0.15) is 53.3 Å². The second-order valence-electron chi connectivity index (χ2n) is 6.81. The Balaban J connectivity index is 0.00000392. The monoisotopic (exact) mass is 434 g/mol. The first-order valence-electron chi connectivity index (χ1n) is 8.75. The molecule has 0 saturated heterocycles. The van der Waals surface area contributed by atoms with Gasteiger partial charge in [0.1, 0.15) is 0 Å². The average Bonchev–Trinajstić information content (AvgIpc) is 2.67. The van der Waals surface area contributed by atoms with Gasteiger partial charge in [0.2, 0.25) is 10.0 Å². The van der Waals surface area contributed by atoms with Gasteiger partial charge in [-0.25, -0.2) is 22.7 Å². The van der Waals surface area contributed by atoms with E-state index >= 15 is 0 Å². The largest absolute Gasteiger partial charge is 0.465 e. The molecule has 0 aliphatic heterocycles. The highest BCUT2D eigenvalue weighted by Crippen LogP contribution is 2.34. The van der Waals surface area contributed by atoms with Crippen LogP contribution in [0, 0.1) is 5.92 Å². The number of rotatable bonds is 6. The highest BCUT2D eigenvalue weighted by Gasteiger charge is 2.41. The van der Waals surface area contributed by atoms with Gasteiger partial charge < -0.3 is 15.2 Å². The molecule has 158 valence electrons. The summed E-state index contributed by atoms with van der Waals surface area (Å²) < 4.78 is 38.4. The molecule has 0 radical (unpaired) electrons. The molecule has 28 heavy (non-hydrogen) atoms. The number of nitrogens with two attached hydrogens (primary N) is 1. The maximum atomic E-state index is 13.2. The summed E-state index contributed by atoms with van der Waals surface area (Å²) in [5.41, 5.74) is 5.00. The van der Waals surface area contributed by atoms with Gasteiger partial charge in [-0.05, 0) is 37.0 Å². The number of esters is 2. The minimum Gasteiger partial charge on any atom is -0.465 e. The molecule has 3 N–H and O–H groups in total. The zero-order chi connectivity index (χ0) is 20.2. The molecular weight excluding hydrogens is 408 g/mol. The SMILES string of the molecule is COC(=O)c1ccc(C(=O)OC)c(S(=O)(=O)NC2(CN)CCCCC2C)c1.Cl. The molecule has 1 fully saturated rings. The molecule has 1 aliphatic rings. The van der Waals surface area contributed by atoms with Gasteiger partial charge in [-0.15, -0.1) is 12.4 Å². The first-order chi connectivity index (χ1) is 12.7. The van der Waals surface area contributed by atoms with Crippen LogP contribution < -0.4 is 10.5 Å². The van der Waals surface area contributed by atoms with Gasteiger partial charge >= 0.3 is 11.9 Å². The second kappa shape index (κ2) is 9.69. The minimum atomic E-state index is -4.15. The van der Waals surface area contributed by atoms with Gasteiger partial charge in [-0.3, -0.25) is 0 Å². The summed E-state index contributed by atoms with van der Waals surface area (Å²) in [6.45, 7) is 2.10. The molecule has 1 aliphatic carbocycles. The summed E-state index contributed by atoms with van der Waals surface area (Å²) >= 11 is 0. The lowest BCUT2D eigenvalue weighted by Gasteiger charge is -2.42. The van der Waals surface area contributed by atoms with Crippen LogP contribution in [-0.4, -0.2) is 46.7 Å². The van der Waals surface area contributed by atoms with Crippen molar-refractivity contribution in [3.05, 3.63) is 29.3 Å². The van der Waals surface area contributed by atoms with Crippen LogP contribution in [0.5, 0.6) is 0 Å². The first kappa shape index (κ1) is 24.4. The number of ether oxygens (including phenoxy) is 2. The molecule has 1 aromatic carbocycles. The fourth-order valence-corrected chi connectivity index (χ4v) is 5.26. The standard InChI is InChI=1S/C18H26N2O6S.ClH/c1-12-6-4-5-9-18(12,11-19)20-27(23,24)15-10-13(16(21)25-2)7-8-14(15)17(22)26-3;/h7-8,10,12,20H,4-6,9,11,19H2,1-3H3;1H. The summed E-state index contributed by atoms with van der Waals surface area (Å²) in [5, 5.41) is 0. The van der Waals surface area contributed by atoms with Gasteiger partial charge in [-0.1, -0.05) is 19.8 Å².